The fourth-order valence-electron chi connectivity index (χ4n) is 3.79. The Kier molecular flexibility index (Phi) is 9.05. The standard InChI is InChI=1S/C31H28N2O7/c1-21(33(20-29(34)35)31(36)40-27-17-15-25(37-3)16-18-27)23-11-13-26(14-12-23)38-19-7-10-28-22(2)39-30(32-28)24-8-5-4-6-9-24/h4-6,8-9,11-18,21H,19-20H2,1-3H3,(H,34,35)/t21-/m1/s1. The summed E-state index contributed by atoms with van der Waals surface area (Å²) in [6, 6.07) is 22.4. The summed E-state index contributed by atoms with van der Waals surface area (Å²) in [6.07, 6.45) is -0.783. The van der Waals surface area contributed by atoms with E-state index < -0.39 is 24.6 Å². The van der Waals surface area contributed by atoms with E-state index in [2.05, 4.69) is 16.8 Å². The number of carbonyl (C=O) groups excluding carboxylic acids is 1. The molecule has 1 aromatic heterocycles. The van der Waals surface area contributed by atoms with Gasteiger partial charge in [0.1, 0.15) is 36.2 Å². The van der Waals surface area contributed by atoms with Gasteiger partial charge < -0.3 is 23.7 Å². The predicted octanol–water partition coefficient (Wildman–Crippen LogP) is 5.74. The molecule has 9 nitrogen and oxygen atoms in total. The summed E-state index contributed by atoms with van der Waals surface area (Å²) in [7, 11) is 1.53. The van der Waals surface area contributed by atoms with Gasteiger partial charge in [0.25, 0.3) is 0 Å². The number of aliphatic carboxylic acids is 1. The monoisotopic (exact) mass is 540 g/mol. The minimum atomic E-state index is -1.16. The van der Waals surface area contributed by atoms with Crippen LogP contribution in [-0.2, 0) is 4.79 Å². The number of oxazole rings is 1. The molecule has 1 heterocycles. The molecule has 9 heteroatoms. The van der Waals surface area contributed by atoms with Crippen molar-refractivity contribution in [2.75, 3.05) is 20.3 Å². The molecule has 1 N–H and O–H groups in total. The van der Waals surface area contributed by atoms with Gasteiger partial charge in [-0.05, 0) is 73.9 Å². The molecule has 0 fully saturated rings. The summed E-state index contributed by atoms with van der Waals surface area (Å²) in [6.45, 7) is 3.13. The number of aryl methyl sites for hydroxylation is 1. The van der Waals surface area contributed by atoms with Gasteiger partial charge in [0.2, 0.25) is 5.89 Å². The molecule has 0 bridgehead atoms. The first-order valence-corrected chi connectivity index (χ1v) is 12.4. The maximum atomic E-state index is 12.8. The van der Waals surface area contributed by atoms with Crippen LogP contribution >= 0.6 is 0 Å². The molecule has 0 saturated heterocycles. The minimum absolute atomic E-state index is 0.126. The number of amides is 1. The highest BCUT2D eigenvalue weighted by molar-refractivity contribution is 5.78. The van der Waals surface area contributed by atoms with Gasteiger partial charge in [-0.25, -0.2) is 9.78 Å². The third-order valence-corrected chi connectivity index (χ3v) is 5.97. The largest absolute Gasteiger partial charge is 0.497 e. The van der Waals surface area contributed by atoms with Crippen molar-refractivity contribution >= 4 is 12.1 Å². The quantitative estimate of drug-likeness (QED) is 0.268. The van der Waals surface area contributed by atoms with Crippen molar-refractivity contribution in [1.29, 1.82) is 0 Å². The van der Waals surface area contributed by atoms with Gasteiger partial charge in [0, 0.05) is 5.56 Å². The Hall–Kier alpha value is -5.23. The highest BCUT2D eigenvalue weighted by Gasteiger charge is 2.26. The van der Waals surface area contributed by atoms with Crippen LogP contribution in [-0.4, -0.2) is 47.3 Å². The molecule has 0 aliphatic heterocycles. The second-order valence-corrected chi connectivity index (χ2v) is 8.69. The van der Waals surface area contributed by atoms with Crippen LogP contribution < -0.4 is 14.2 Å². The molecule has 40 heavy (non-hydrogen) atoms. The average molecular weight is 541 g/mol. The van der Waals surface area contributed by atoms with E-state index in [1.807, 2.05) is 37.3 Å². The average Bonchev–Trinajstić information content (AvgIpc) is 3.35. The van der Waals surface area contributed by atoms with E-state index >= 15 is 0 Å². The minimum Gasteiger partial charge on any atom is -0.497 e. The summed E-state index contributed by atoms with van der Waals surface area (Å²) in [5, 5.41) is 9.38. The Balaban J connectivity index is 1.37. The van der Waals surface area contributed by atoms with Crippen LogP contribution in [0, 0.1) is 18.8 Å². The van der Waals surface area contributed by atoms with Gasteiger partial charge in [-0.2, -0.15) is 0 Å². The van der Waals surface area contributed by atoms with Crippen LogP contribution in [0.5, 0.6) is 17.2 Å². The first-order chi connectivity index (χ1) is 19.3. The highest BCUT2D eigenvalue weighted by Crippen LogP contribution is 2.25. The fourth-order valence-corrected chi connectivity index (χ4v) is 3.79. The number of nitrogens with zero attached hydrogens (tertiary/aromatic N) is 2. The zero-order valence-corrected chi connectivity index (χ0v) is 22.3. The molecule has 0 spiro atoms. The molecule has 1 amide bonds. The first-order valence-electron chi connectivity index (χ1n) is 12.4. The zero-order chi connectivity index (χ0) is 28.5. The number of carbonyl (C=O) groups is 2. The Labute approximate surface area is 231 Å². The molecule has 0 unspecified atom stereocenters. The van der Waals surface area contributed by atoms with Gasteiger partial charge in [-0.1, -0.05) is 36.3 Å². The lowest BCUT2D eigenvalue weighted by molar-refractivity contribution is -0.138. The number of carboxylic acids is 1. The van der Waals surface area contributed by atoms with Crippen molar-refractivity contribution in [3.05, 3.63) is 95.9 Å². The topological polar surface area (TPSA) is 111 Å². The van der Waals surface area contributed by atoms with Crippen molar-refractivity contribution in [3.63, 3.8) is 0 Å². The van der Waals surface area contributed by atoms with E-state index in [-0.39, 0.29) is 12.4 Å². The van der Waals surface area contributed by atoms with E-state index in [9.17, 15) is 14.7 Å². The van der Waals surface area contributed by atoms with Gasteiger partial charge in [0.15, 0.2) is 5.69 Å². The molecule has 4 rings (SSSR count). The first kappa shape index (κ1) is 27.8. The van der Waals surface area contributed by atoms with Crippen LogP contribution in [0.4, 0.5) is 4.79 Å². The van der Waals surface area contributed by atoms with E-state index in [0.29, 0.717) is 34.4 Å². The molecule has 4 aromatic rings. The number of rotatable bonds is 9. The normalized spacial score (nSPS) is 11.1. The van der Waals surface area contributed by atoms with Crippen LogP contribution in [0.1, 0.15) is 30.0 Å². The number of benzene rings is 3. The molecule has 1 atom stereocenters. The summed E-state index contributed by atoms with van der Waals surface area (Å²) in [5.41, 5.74) is 2.13. The Morgan fingerprint density at radius 3 is 2.27 bits per heavy atom. The lowest BCUT2D eigenvalue weighted by Crippen LogP contribution is -2.39. The van der Waals surface area contributed by atoms with Gasteiger partial charge in [-0.15, -0.1) is 0 Å². The molecule has 0 aliphatic carbocycles. The van der Waals surface area contributed by atoms with Crippen LogP contribution in [0.2, 0.25) is 0 Å². The summed E-state index contributed by atoms with van der Waals surface area (Å²) in [5.74, 6) is 7.34. The van der Waals surface area contributed by atoms with E-state index in [0.717, 1.165) is 10.5 Å². The molecule has 204 valence electrons. The summed E-state index contributed by atoms with van der Waals surface area (Å²) < 4.78 is 21.9. The van der Waals surface area contributed by atoms with Gasteiger partial charge >= 0.3 is 12.1 Å². The van der Waals surface area contributed by atoms with Crippen molar-refractivity contribution < 1.29 is 33.3 Å². The van der Waals surface area contributed by atoms with Crippen LogP contribution in [0.3, 0.4) is 0 Å². The van der Waals surface area contributed by atoms with Crippen molar-refractivity contribution in [2.24, 2.45) is 0 Å². The predicted molar refractivity (Wildman–Crippen MR) is 147 cm³/mol. The Morgan fingerprint density at radius 2 is 1.62 bits per heavy atom. The smallest absolute Gasteiger partial charge is 0.416 e. The fraction of sp³-hybridized carbons (Fsp3) is 0.194. The van der Waals surface area contributed by atoms with Crippen molar-refractivity contribution in [1.82, 2.24) is 9.88 Å². The number of ether oxygens (including phenoxy) is 3. The maximum Gasteiger partial charge on any atom is 0.416 e. The van der Waals surface area contributed by atoms with Crippen molar-refractivity contribution in [2.45, 2.75) is 19.9 Å². The molecule has 0 saturated carbocycles. The lowest BCUT2D eigenvalue weighted by Gasteiger charge is -2.27. The van der Waals surface area contributed by atoms with E-state index in [1.54, 1.807) is 55.5 Å². The summed E-state index contributed by atoms with van der Waals surface area (Å²) >= 11 is 0. The lowest BCUT2D eigenvalue weighted by atomic mass is 10.1. The van der Waals surface area contributed by atoms with E-state index in [1.165, 1.54) is 7.11 Å². The molecule has 0 radical (unpaired) electrons. The van der Waals surface area contributed by atoms with E-state index in [4.69, 9.17) is 18.6 Å². The zero-order valence-electron chi connectivity index (χ0n) is 22.3. The second kappa shape index (κ2) is 13.0. The molecular weight excluding hydrogens is 512 g/mol. The van der Waals surface area contributed by atoms with Crippen LogP contribution in [0.15, 0.2) is 83.3 Å². The Bertz CT molecular complexity index is 1500. The maximum absolute atomic E-state index is 12.8. The number of methoxy groups -OCH3 is 1. The SMILES string of the molecule is COc1ccc(OC(=O)N(CC(=O)O)[C@H](C)c2ccc(OCC#Cc3nc(-c4ccccc4)oc3C)cc2)cc1. The third-order valence-electron chi connectivity index (χ3n) is 5.97. The third kappa shape index (κ3) is 7.20. The molecule has 0 aliphatic rings. The second-order valence-electron chi connectivity index (χ2n) is 8.69. The molecule has 3 aromatic carbocycles. The van der Waals surface area contributed by atoms with Crippen molar-refractivity contribution in [3.8, 4) is 40.5 Å². The number of hydrogen-bond donors (Lipinski definition) is 1. The molecular formula is C31H28N2O7. The number of hydrogen-bond acceptors (Lipinski definition) is 7. The van der Waals surface area contributed by atoms with Gasteiger partial charge in [0.05, 0.1) is 13.2 Å². The van der Waals surface area contributed by atoms with Gasteiger partial charge in [-0.3, -0.25) is 9.69 Å². The van der Waals surface area contributed by atoms with Crippen LogP contribution in [0.25, 0.3) is 11.5 Å². The highest BCUT2D eigenvalue weighted by atomic mass is 16.6. The Morgan fingerprint density at radius 1 is 0.975 bits per heavy atom. The summed E-state index contributed by atoms with van der Waals surface area (Å²) in [4.78, 5) is 29.9. The number of carboxylic acid groups (broad SMARTS) is 1. The number of aromatic nitrogens is 1.